The third-order valence-electron chi connectivity index (χ3n) is 2.38. The molecule has 1 aromatic heterocycles. The molecular formula is C16H19N2Y-. The Hall–Kier alpha value is -0.906. The van der Waals surface area contributed by atoms with Crippen LogP contribution in [-0.2, 0) is 39.3 Å². The van der Waals surface area contributed by atoms with Gasteiger partial charge >= 0.3 is 0 Å². The average Bonchev–Trinajstić information content (AvgIpc) is 2.82. The molecule has 1 heterocycles. The smallest absolute Gasteiger partial charge is 0.101 e. The van der Waals surface area contributed by atoms with Crippen LogP contribution < -0.4 is 0 Å². The molecule has 0 spiro atoms. The maximum absolute atomic E-state index is 4.09. The molecule has 1 aromatic rings. The summed E-state index contributed by atoms with van der Waals surface area (Å²) in [6, 6.07) is 1.89. The Bertz CT molecular complexity index is 497. The van der Waals surface area contributed by atoms with Crippen LogP contribution in [-0.4, -0.2) is 9.78 Å². The minimum absolute atomic E-state index is 0. The van der Waals surface area contributed by atoms with Crippen molar-refractivity contribution in [3.05, 3.63) is 54.4 Å². The van der Waals surface area contributed by atoms with E-state index < -0.39 is 0 Å². The summed E-state index contributed by atoms with van der Waals surface area (Å²) in [4.78, 5) is 0. The van der Waals surface area contributed by atoms with Crippen LogP contribution in [0.5, 0.6) is 0 Å². The monoisotopic (exact) mass is 328 g/mol. The van der Waals surface area contributed by atoms with Crippen LogP contribution in [0.4, 0.5) is 0 Å². The number of rotatable bonds is 4. The molecule has 0 N–H and O–H groups in total. The van der Waals surface area contributed by atoms with Gasteiger partial charge in [0, 0.05) is 45.1 Å². The Morgan fingerprint density at radius 1 is 1.53 bits per heavy atom. The van der Waals surface area contributed by atoms with Gasteiger partial charge in [-0.15, -0.1) is 5.92 Å². The normalized spacial score (nSPS) is 11.6. The molecule has 0 fully saturated rings. The summed E-state index contributed by atoms with van der Waals surface area (Å²) in [5.41, 5.74) is 2.09. The molecule has 0 aliphatic carbocycles. The van der Waals surface area contributed by atoms with Crippen molar-refractivity contribution in [3.8, 4) is 11.8 Å². The van der Waals surface area contributed by atoms with E-state index in [0.29, 0.717) is 12.5 Å². The van der Waals surface area contributed by atoms with Crippen LogP contribution >= 0.6 is 0 Å². The summed E-state index contributed by atoms with van der Waals surface area (Å²) in [5.74, 6) is 6.58. The number of allylic oxidation sites excluding steroid dienone is 5. The maximum atomic E-state index is 4.09. The Morgan fingerprint density at radius 3 is 2.79 bits per heavy atom. The van der Waals surface area contributed by atoms with E-state index in [0.717, 1.165) is 11.1 Å². The van der Waals surface area contributed by atoms with Crippen LogP contribution in [0.1, 0.15) is 20.8 Å². The van der Waals surface area contributed by atoms with Gasteiger partial charge in [0.25, 0.3) is 0 Å². The van der Waals surface area contributed by atoms with E-state index in [-0.39, 0.29) is 32.7 Å². The topological polar surface area (TPSA) is 17.8 Å². The second-order valence-electron chi connectivity index (χ2n) is 4.29. The molecule has 3 heteroatoms. The van der Waals surface area contributed by atoms with Gasteiger partial charge in [0.15, 0.2) is 0 Å². The molecule has 0 amide bonds. The van der Waals surface area contributed by atoms with Gasteiger partial charge in [0.05, 0.1) is 0 Å². The molecule has 0 unspecified atom stereocenters. The van der Waals surface area contributed by atoms with Gasteiger partial charge < -0.3 is 0 Å². The van der Waals surface area contributed by atoms with E-state index in [9.17, 15) is 0 Å². The standard InChI is InChI=1S/C16H19N2.Y/c1-5-16(14(2)3)10-9-15(4)8-6-12-18-13-7-11-17-18;/h5,7,9,11,13-14H,1,12H2,2-4H3;/q-1;/b15-9+;. The Balaban J connectivity index is 0.00000324. The fourth-order valence-corrected chi connectivity index (χ4v) is 1.34. The number of hydrogen-bond acceptors (Lipinski definition) is 1. The Labute approximate surface area is 141 Å². The van der Waals surface area contributed by atoms with E-state index in [1.54, 1.807) is 10.9 Å². The molecule has 97 valence electrons. The zero-order valence-corrected chi connectivity index (χ0v) is 14.7. The fraction of sp³-hybridized carbons (Fsp3) is 0.312. The third-order valence-corrected chi connectivity index (χ3v) is 2.38. The van der Waals surface area contributed by atoms with Crippen molar-refractivity contribution in [2.24, 2.45) is 5.92 Å². The first-order valence-electron chi connectivity index (χ1n) is 6.02. The first-order chi connectivity index (χ1) is 8.63. The zero-order valence-electron chi connectivity index (χ0n) is 11.9. The van der Waals surface area contributed by atoms with Crippen LogP contribution in [0, 0.1) is 23.8 Å². The average molecular weight is 328 g/mol. The van der Waals surface area contributed by atoms with E-state index in [2.05, 4.69) is 43.4 Å². The second kappa shape index (κ2) is 9.95. The SMILES string of the molecule is C=CC(=[C-]/C=C(\C)C#CCn1cccn1)C(C)C.[Y]. The number of hydrogen-bond donors (Lipinski definition) is 0. The molecule has 0 atom stereocenters. The molecule has 1 rings (SSSR count). The van der Waals surface area contributed by atoms with Gasteiger partial charge in [-0.3, -0.25) is 4.68 Å². The van der Waals surface area contributed by atoms with Crippen LogP contribution in [0.25, 0.3) is 0 Å². The van der Waals surface area contributed by atoms with Gasteiger partial charge in [-0.1, -0.05) is 32.3 Å². The van der Waals surface area contributed by atoms with Crippen LogP contribution in [0.3, 0.4) is 0 Å². The maximum Gasteiger partial charge on any atom is 0.101 e. The molecular weight excluding hydrogens is 309 g/mol. The molecule has 0 aliphatic rings. The molecule has 1 radical (unpaired) electrons. The van der Waals surface area contributed by atoms with Crippen LogP contribution in [0.15, 0.2) is 48.3 Å². The Morgan fingerprint density at radius 2 is 2.26 bits per heavy atom. The second-order valence-corrected chi connectivity index (χ2v) is 4.29. The summed E-state index contributed by atoms with van der Waals surface area (Å²) >= 11 is 0. The molecule has 19 heavy (non-hydrogen) atoms. The van der Waals surface area contributed by atoms with Crippen molar-refractivity contribution in [1.82, 2.24) is 9.78 Å². The molecule has 2 nitrogen and oxygen atoms in total. The molecule has 0 saturated heterocycles. The van der Waals surface area contributed by atoms with Gasteiger partial charge in [0.2, 0.25) is 0 Å². The number of nitrogens with zero attached hydrogens (tertiary/aromatic N) is 2. The van der Waals surface area contributed by atoms with Crippen molar-refractivity contribution < 1.29 is 32.7 Å². The first-order valence-corrected chi connectivity index (χ1v) is 6.02. The predicted molar refractivity (Wildman–Crippen MR) is 75.6 cm³/mol. The summed E-state index contributed by atoms with van der Waals surface area (Å²) < 4.78 is 1.79. The number of aromatic nitrogens is 2. The van der Waals surface area contributed by atoms with Gasteiger partial charge in [-0.2, -0.15) is 35.5 Å². The quantitative estimate of drug-likeness (QED) is 0.471. The van der Waals surface area contributed by atoms with Gasteiger partial charge in [-0.25, -0.2) is 0 Å². The predicted octanol–water partition coefficient (Wildman–Crippen LogP) is 3.40. The van der Waals surface area contributed by atoms with Crippen molar-refractivity contribution in [2.75, 3.05) is 0 Å². The van der Waals surface area contributed by atoms with Gasteiger partial charge in [-0.05, 0) is 12.0 Å². The summed E-state index contributed by atoms with van der Waals surface area (Å²) in [6.07, 6.45) is 10.6. The van der Waals surface area contributed by atoms with Gasteiger partial charge in [0.1, 0.15) is 6.54 Å². The summed E-state index contributed by atoms with van der Waals surface area (Å²) in [5, 5.41) is 4.09. The van der Waals surface area contributed by atoms with Crippen molar-refractivity contribution in [2.45, 2.75) is 27.3 Å². The van der Waals surface area contributed by atoms with E-state index in [4.69, 9.17) is 0 Å². The summed E-state index contributed by atoms with van der Waals surface area (Å²) in [7, 11) is 0. The van der Waals surface area contributed by atoms with E-state index >= 15 is 0 Å². The van der Waals surface area contributed by atoms with Crippen molar-refractivity contribution >= 4 is 0 Å². The molecule has 0 aliphatic heterocycles. The third kappa shape index (κ3) is 7.30. The Kier molecular flexibility index (Phi) is 9.48. The largest absolute Gasteiger partial charge is 0.261 e. The minimum atomic E-state index is 0. The molecule has 0 saturated carbocycles. The summed E-state index contributed by atoms with van der Waals surface area (Å²) in [6.45, 7) is 10.6. The minimum Gasteiger partial charge on any atom is -0.261 e. The molecule has 0 aromatic carbocycles. The zero-order chi connectivity index (χ0) is 13.4. The first kappa shape index (κ1) is 18.1. The fourth-order valence-electron chi connectivity index (χ4n) is 1.34. The van der Waals surface area contributed by atoms with Crippen molar-refractivity contribution in [1.29, 1.82) is 0 Å². The van der Waals surface area contributed by atoms with E-state index in [1.165, 1.54) is 0 Å². The van der Waals surface area contributed by atoms with E-state index in [1.807, 2.05) is 31.3 Å². The van der Waals surface area contributed by atoms with Crippen LogP contribution in [0.2, 0.25) is 0 Å². The molecule has 0 bridgehead atoms. The van der Waals surface area contributed by atoms with Crippen molar-refractivity contribution in [3.63, 3.8) is 0 Å².